The van der Waals surface area contributed by atoms with Gasteiger partial charge < -0.3 is 15.3 Å². The monoisotopic (exact) mass is 318 g/mol. The van der Waals surface area contributed by atoms with E-state index in [1.807, 2.05) is 4.90 Å². The van der Waals surface area contributed by atoms with E-state index < -0.39 is 5.97 Å². The van der Waals surface area contributed by atoms with Gasteiger partial charge in [-0.05, 0) is 30.4 Å². The normalized spacial score (nSPS) is 15.3. The molecule has 1 heterocycles. The second-order valence-corrected chi connectivity index (χ2v) is 5.89. The summed E-state index contributed by atoms with van der Waals surface area (Å²) in [4.78, 5) is 36.3. The molecule has 0 bridgehead atoms. The SMILES string of the molecule is CC(=O)N1CCC(CNC(=O)Cc2ccccc2C(=O)O)CC1. The third-order valence-electron chi connectivity index (χ3n) is 4.25. The highest BCUT2D eigenvalue weighted by atomic mass is 16.4. The number of likely N-dealkylation sites (tertiary alicyclic amines) is 1. The number of carboxylic acids is 1. The lowest BCUT2D eigenvalue weighted by atomic mass is 9.96. The average molecular weight is 318 g/mol. The zero-order valence-electron chi connectivity index (χ0n) is 13.2. The standard InChI is InChI=1S/C17H22N2O4/c1-12(20)19-8-6-13(7-9-19)11-18-16(21)10-14-4-2-3-5-15(14)17(22)23/h2-5,13H,6-11H2,1H3,(H,18,21)(H,22,23). The maximum absolute atomic E-state index is 12.0. The summed E-state index contributed by atoms with van der Waals surface area (Å²) in [5.74, 6) is -0.736. The van der Waals surface area contributed by atoms with Crippen LogP contribution in [-0.4, -0.2) is 47.4 Å². The van der Waals surface area contributed by atoms with E-state index in [-0.39, 0.29) is 23.8 Å². The molecule has 2 N–H and O–H groups in total. The molecular weight excluding hydrogens is 296 g/mol. The van der Waals surface area contributed by atoms with Crippen molar-refractivity contribution in [3.05, 3.63) is 35.4 Å². The molecule has 0 saturated carbocycles. The van der Waals surface area contributed by atoms with Crippen LogP contribution in [0.15, 0.2) is 24.3 Å². The van der Waals surface area contributed by atoms with Crippen LogP contribution in [-0.2, 0) is 16.0 Å². The topological polar surface area (TPSA) is 86.7 Å². The fourth-order valence-corrected chi connectivity index (χ4v) is 2.83. The summed E-state index contributed by atoms with van der Waals surface area (Å²) in [6.45, 7) is 3.61. The largest absolute Gasteiger partial charge is 0.478 e. The Labute approximate surface area is 135 Å². The highest BCUT2D eigenvalue weighted by molar-refractivity contribution is 5.91. The van der Waals surface area contributed by atoms with Crippen LogP contribution in [0, 0.1) is 5.92 Å². The summed E-state index contributed by atoms with van der Waals surface area (Å²) in [6.07, 6.45) is 1.83. The van der Waals surface area contributed by atoms with Crippen molar-refractivity contribution in [1.29, 1.82) is 0 Å². The van der Waals surface area contributed by atoms with Gasteiger partial charge in [0.25, 0.3) is 0 Å². The molecule has 6 nitrogen and oxygen atoms in total. The molecule has 124 valence electrons. The van der Waals surface area contributed by atoms with Crippen LogP contribution < -0.4 is 5.32 Å². The van der Waals surface area contributed by atoms with E-state index in [0.717, 1.165) is 25.9 Å². The highest BCUT2D eigenvalue weighted by Gasteiger charge is 2.21. The van der Waals surface area contributed by atoms with E-state index in [4.69, 9.17) is 5.11 Å². The van der Waals surface area contributed by atoms with E-state index in [9.17, 15) is 14.4 Å². The van der Waals surface area contributed by atoms with E-state index in [2.05, 4.69) is 5.32 Å². The van der Waals surface area contributed by atoms with E-state index in [0.29, 0.717) is 18.0 Å². The Balaban J connectivity index is 1.80. The number of nitrogens with one attached hydrogen (secondary N) is 1. The number of nitrogens with zero attached hydrogens (tertiary/aromatic N) is 1. The molecule has 2 rings (SSSR count). The fourth-order valence-electron chi connectivity index (χ4n) is 2.83. The third-order valence-corrected chi connectivity index (χ3v) is 4.25. The van der Waals surface area contributed by atoms with Crippen molar-refractivity contribution >= 4 is 17.8 Å². The Morgan fingerprint density at radius 2 is 1.87 bits per heavy atom. The molecule has 6 heteroatoms. The van der Waals surface area contributed by atoms with Crippen LogP contribution in [0.1, 0.15) is 35.7 Å². The van der Waals surface area contributed by atoms with Crippen LogP contribution >= 0.6 is 0 Å². The van der Waals surface area contributed by atoms with Crippen molar-refractivity contribution in [2.24, 2.45) is 5.92 Å². The van der Waals surface area contributed by atoms with Gasteiger partial charge >= 0.3 is 5.97 Å². The Morgan fingerprint density at radius 1 is 1.22 bits per heavy atom. The van der Waals surface area contributed by atoms with Gasteiger partial charge in [-0.2, -0.15) is 0 Å². The maximum atomic E-state index is 12.0. The molecule has 1 saturated heterocycles. The van der Waals surface area contributed by atoms with Crippen molar-refractivity contribution < 1.29 is 19.5 Å². The van der Waals surface area contributed by atoms with Crippen LogP contribution in [0.25, 0.3) is 0 Å². The van der Waals surface area contributed by atoms with Gasteiger partial charge in [0.15, 0.2) is 0 Å². The maximum Gasteiger partial charge on any atom is 0.335 e. The minimum absolute atomic E-state index is 0.0643. The van der Waals surface area contributed by atoms with Crippen molar-refractivity contribution in [3.63, 3.8) is 0 Å². The molecule has 23 heavy (non-hydrogen) atoms. The Morgan fingerprint density at radius 3 is 2.48 bits per heavy atom. The molecule has 2 amide bonds. The molecule has 1 aliphatic heterocycles. The number of hydrogen-bond donors (Lipinski definition) is 2. The molecule has 0 unspecified atom stereocenters. The summed E-state index contributed by atoms with van der Waals surface area (Å²) in [6, 6.07) is 6.54. The minimum Gasteiger partial charge on any atom is -0.478 e. The number of piperidine rings is 1. The smallest absolute Gasteiger partial charge is 0.335 e. The third kappa shape index (κ3) is 4.81. The predicted octanol–water partition coefficient (Wildman–Crippen LogP) is 1.30. The average Bonchev–Trinajstić information content (AvgIpc) is 2.53. The molecule has 0 radical (unpaired) electrons. The van der Waals surface area contributed by atoms with Crippen molar-refractivity contribution in [2.75, 3.05) is 19.6 Å². The first kappa shape index (κ1) is 17.0. The first-order valence-electron chi connectivity index (χ1n) is 7.80. The number of rotatable bonds is 5. The summed E-state index contributed by atoms with van der Waals surface area (Å²) in [5, 5.41) is 12.0. The van der Waals surface area contributed by atoms with Gasteiger partial charge in [0.2, 0.25) is 11.8 Å². The van der Waals surface area contributed by atoms with E-state index in [1.54, 1.807) is 25.1 Å². The molecule has 1 aliphatic rings. The fraction of sp³-hybridized carbons (Fsp3) is 0.471. The second kappa shape index (κ2) is 7.76. The van der Waals surface area contributed by atoms with Crippen LogP contribution in [0.5, 0.6) is 0 Å². The highest BCUT2D eigenvalue weighted by Crippen LogP contribution is 2.16. The van der Waals surface area contributed by atoms with Gasteiger partial charge in [0.1, 0.15) is 0 Å². The molecule has 0 spiro atoms. The molecule has 1 aromatic carbocycles. The lowest BCUT2D eigenvalue weighted by Gasteiger charge is -2.31. The number of aromatic carboxylic acids is 1. The predicted molar refractivity (Wildman–Crippen MR) is 85.1 cm³/mol. The number of carbonyl (C=O) groups is 3. The Hall–Kier alpha value is -2.37. The Bertz CT molecular complexity index is 592. The Kier molecular flexibility index (Phi) is 5.73. The summed E-state index contributed by atoms with van der Waals surface area (Å²) in [5.41, 5.74) is 0.682. The summed E-state index contributed by atoms with van der Waals surface area (Å²) in [7, 11) is 0. The van der Waals surface area contributed by atoms with Gasteiger partial charge in [-0.1, -0.05) is 18.2 Å². The molecular formula is C17H22N2O4. The molecule has 0 atom stereocenters. The van der Waals surface area contributed by atoms with Gasteiger partial charge in [0.05, 0.1) is 12.0 Å². The van der Waals surface area contributed by atoms with Gasteiger partial charge in [-0.3, -0.25) is 9.59 Å². The van der Waals surface area contributed by atoms with Crippen LogP contribution in [0.4, 0.5) is 0 Å². The number of carboxylic acid groups (broad SMARTS) is 1. The van der Waals surface area contributed by atoms with Gasteiger partial charge in [0, 0.05) is 26.6 Å². The minimum atomic E-state index is -1.02. The van der Waals surface area contributed by atoms with Crippen LogP contribution in [0.3, 0.4) is 0 Å². The number of benzene rings is 1. The quantitative estimate of drug-likeness (QED) is 0.857. The number of carbonyl (C=O) groups excluding carboxylic acids is 2. The molecule has 1 fully saturated rings. The lowest BCUT2D eigenvalue weighted by molar-refractivity contribution is -0.130. The summed E-state index contributed by atoms with van der Waals surface area (Å²) >= 11 is 0. The van der Waals surface area contributed by atoms with E-state index in [1.165, 1.54) is 6.07 Å². The molecule has 0 aliphatic carbocycles. The summed E-state index contributed by atoms with van der Waals surface area (Å²) < 4.78 is 0. The number of amides is 2. The second-order valence-electron chi connectivity index (χ2n) is 5.89. The van der Waals surface area contributed by atoms with Crippen LogP contribution in [0.2, 0.25) is 0 Å². The van der Waals surface area contributed by atoms with Crippen molar-refractivity contribution in [3.8, 4) is 0 Å². The zero-order valence-corrected chi connectivity index (χ0v) is 13.2. The lowest BCUT2D eigenvalue weighted by Crippen LogP contribution is -2.40. The zero-order chi connectivity index (χ0) is 16.8. The van der Waals surface area contributed by atoms with Crippen molar-refractivity contribution in [2.45, 2.75) is 26.2 Å². The molecule has 1 aromatic rings. The van der Waals surface area contributed by atoms with Gasteiger partial charge in [-0.15, -0.1) is 0 Å². The first-order chi connectivity index (χ1) is 11.0. The van der Waals surface area contributed by atoms with Gasteiger partial charge in [-0.25, -0.2) is 4.79 Å². The first-order valence-corrected chi connectivity index (χ1v) is 7.80. The number of hydrogen-bond acceptors (Lipinski definition) is 3. The van der Waals surface area contributed by atoms with E-state index >= 15 is 0 Å². The van der Waals surface area contributed by atoms with Crippen molar-refractivity contribution in [1.82, 2.24) is 10.2 Å². The molecule has 0 aromatic heterocycles.